The molecule has 0 aromatic rings. The number of carbonyl (C=O) groups excluding carboxylic acids is 2. The van der Waals surface area contributed by atoms with Crippen molar-refractivity contribution in [3.8, 4) is 0 Å². The maximum Gasteiger partial charge on any atom is 0.342 e. The van der Waals surface area contributed by atoms with Gasteiger partial charge in [-0.25, -0.2) is 4.79 Å². The Hall–Kier alpha value is -0.710. The Balaban J connectivity index is 2.30. The van der Waals surface area contributed by atoms with Crippen molar-refractivity contribution in [2.24, 2.45) is 0 Å². The Morgan fingerprint density at radius 1 is 1.69 bits per heavy atom. The number of nitrogens with zero attached hydrogens (tertiary/aromatic N) is 1. The zero-order chi connectivity index (χ0) is 9.47. The summed E-state index contributed by atoms with van der Waals surface area (Å²) >= 11 is 1.53. The minimum absolute atomic E-state index is 0.0791. The molecule has 0 saturated carbocycles. The van der Waals surface area contributed by atoms with Crippen LogP contribution >= 0.6 is 11.8 Å². The minimum atomic E-state index is -0.675. The fourth-order valence-electron chi connectivity index (χ4n) is 1.94. The second-order valence-electron chi connectivity index (χ2n) is 3.17. The Labute approximate surface area is 80.6 Å². The number of carbonyl (C=O) groups is 2. The molecule has 2 saturated heterocycles. The zero-order valence-electron chi connectivity index (χ0n) is 7.41. The first-order valence-corrected chi connectivity index (χ1v) is 5.22. The molecule has 0 radical (unpaired) electrons. The summed E-state index contributed by atoms with van der Waals surface area (Å²) in [5.41, 5.74) is 0. The maximum absolute atomic E-state index is 11.5. The van der Waals surface area contributed by atoms with Crippen molar-refractivity contribution in [2.75, 3.05) is 19.4 Å². The Morgan fingerprint density at radius 2 is 2.46 bits per heavy atom. The van der Waals surface area contributed by atoms with Crippen molar-refractivity contribution in [1.29, 1.82) is 0 Å². The van der Waals surface area contributed by atoms with Crippen LogP contribution in [0.4, 0.5) is 0 Å². The molecule has 1 atom stereocenters. The van der Waals surface area contributed by atoms with E-state index in [9.17, 15) is 9.59 Å². The SMILES string of the molecule is COC(=O)C12CCC(=O)N1CCS2. The Morgan fingerprint density at radius 3 is 3.15 bits per heavy atom. The monoisotopic (exact) mass is 201 g/mol. The molecule has 1 unspecified atom stereocenters. The van der Waals surface area contributed by atoms with Gasteiger partial charge in [0.05, 0.1) is 7.11 Å². The Kier molecular flexibility index (Phi) is 1.98. The highest BCUT2D eigenvalue weighted by Gasteiger charge is 2.55. The number of esters is 1. The van der Waals surface area contributed by atoms with Crippen LogP contribution in [0.3, 0.4) is 0 Å². The van der Waals surface area contributed by atoms with E-state index in [1.807, 2.05) is 0 Å². The number of thioether (sulfide) groups is 1. The quantitative estimate of drug-likeness (QED) is 0.570. The van der Waals surface area contributed by atoms with Gasteiger partial charge in [0.15, 0.2) is 4.87 Å². The molecule has 0 aromatic carbocycles. The van der Waals surface area contributed by atoms with Crippen molar-refractivity contribution < 1.29 is 14.3 Å². The molecule has 4 nitrogen and oxygen atoms in total. The van der Waals surface area contributed by atoms with Crippen molar-refractivity contribution in [1.82, 2.24) is 4.90 Å². The lowest BCUT2D eigenvalue weighted by Crippen LogP contribution is -2.45. The number of rotatable bonds is 1. The molecule has 0 aliphatic carbocycles. The van der Waals surface area contributed by atoms with E-state index in [1.165, 1.54) is 18.9 Å². The van der Waals surface area contributed by atoms with Gasteiger partial charge in [0.25, 0.3) is 0 Å². The molecule has 2 aliphatic rings. The van der Waals surface area contributed by atoms with Crippen molar-refractivity contribution in [3.63, 3.8) is 0 Å². The summed E-state index contributed by atoms with van der Waals surface area (Å²) in [6.07, 6.45) is 1.07. The number of hydrogen-bond donors (Lipinski definition) is 0. The maximum atomic E-state index is 11.5. The molecule has 0 aromatic heterocycles. The van der Waals surface area contributed by atoms with Crippen LogP contribution in [-0.4, -0.2) is 41.1 Å². The van der Waals surface area contributed by atoms with Crippen molar-refractivity contribution in [3.05, 3.63) is 0 Å². The van der Waals surface area contributed by atoms with Crippen LogP contribution in [0.15, 0.2) is 0 Å². The summed E-state index contributed by atoms with van der Waals surface area (Å²) < 4.78 is 4.73. The molecule has 2 rings (SSSR count). The predicted molar refractivity (Wildman–Crippen MR) is 48.2 cm³/mol. The van der Waals surface area contributed by atoms with E-state index in [0.29, 0.717) is 19.4 Å². The second-order valence-corrected chi connectivity index (χ2v) is 4.54. The summed E-state index contributed by atoms with van der Waals surface area (Å²) in [5, 5.41) is 0. The van der Waals surface area contributed by atoms with Crippen LogP contribution in [-0.2, 0) is 14.3 Å². The van der Waals surface area contributed by atoms with E-state index in [0.717, 1.165) is 5.75 Å². The topological polar surface area (TPSA) is 46.6 Å². The second kappa shape index (κ2) is 2.90. The summed E-state index contributed by atoms with van der Waals surface area (Å²) in [7, 11) is 1.37. The molecule has 2 aliphatic heterocycles. The van der Waals surface area contributed by atoms with E-state index in [-0.39, 0.29) is 11.9 Å². The lowest BCUT2D eigenvalue weighted by atomic mass is 10.2. The van der Waals surface area contributed by atoms with E-state index in [2.05, 4.69) is 0 Å². The molecule has 1 amide bonds. The number of fused-ring (bicyclic) bond motifs is 1. The van der Waals surface area contributed by atoms with E-state index in [1.54, 1.807) is 4.90 Å². The van der Waals surface area contributed by atoms with Crippen molar-refractivity contribution >= 4 is 23.6 Å². The molecule has 0 bridgehead atoms. The normalized spacial score (nSPS) is 32.1. The number of ether oxygens (including phenoxy) is 1. The minimum Gasteiger partial charge on any atom is -0.467 e. The molecule has 0 spiro atoms. The molecule has 13 heavy (non-hydrogen) atoms. The van der Waals surface area contributed by atoms with Gasteiger partial charge in [0.1, 0.15) is 0 Å². The lowest BCUT2D eigenvalue weighted by Gasteiger charge is -2.27. The Bertz CT molecular complexity index is 268. The number of amides is 1. The summed E-state index contributed by atoms with van der Waals surface area (Å²) in [6, 6.07) is 0. The highest BCUT2D eigenvalue weighted by atomic mass is 32.2. The van der Waals surface area contributed by atoms with Gasteiger partial charge in [-0.1, -0.05) is 0 Å². The molecular formula is C8H11NO3S. The molecule has 2 fully saturated rings. The van der Waals surface area contributed by atoms with E-state index >= 15 is 0 Å². The number of methoxy groups -OCH3 is 1. The zero-order valence-corrected chi connectivity index (χ0v) is 8.23. The first-order chi connectivity index (χ1) is 6.20. The first kappa shape index (κ1) is 8.87. The van der Waals surface area contributed by atoms with Crippen LogP contribution in [0.5, 0.6) is 0 Å². The third kappa shape index (κ3) is 1.06. The molecule has 72 valence electrons. The van der Waals surface area contributed by atoms with Gasteiger partial charge >= 0.3 is 5.97 Å². The van der Waals surface area contributed by atoms with Crippen LogP contribution in [0.1, 0.15) is 12.8 Å². The molecule has 0 N–H and O–H groups in total. The molecule has 5 heteroatoms. The van der Waals surface area contributed by atoms with E-state index in [4.69, 9.17) is 4.74 Å². The highest BCUT2D eigenvalue weighted by molar-refractivity contribution is 8.01. The van der Waals surface area contributed by atoms with E-state index < -0.39 is 4.87 Å². The van der Waals surface area contributed by atoms with Gasteiger partial charge in [-0.15, -0.1) is 11.8 Å². The average Bonchev–Trinajstić information content (AvgIpc) is 2.67. The summed E-state index contributed by atoms with van der Waals surface area (Å²) in [6.45, 7) is 0.679. The third-order valence-electron chi connectivity index (χ3n) is 2.57. The van der Waals surface area contributed by atoms with Gasteiger partial charge in [-0.3, -0.25) is 4.79 Å². The molecular weight excluding hydrogens is 190 g/mol. The largest absolute Gasteiger partial charge is 0.467 e. The highest BCUT2D eigenvalue weighted by Crippen LogP contribution is 2.45. The van der Waals surface area contributed by atoms with Crippen molar-refractivity contribution in [2.45, 2.75) is 17.7 Å². The lowest BCUT2D eigenvalue weighted by molar-refractivity contribution is -0.150. The van der Waals surface area contributed by atoms with Gasteiger partial charge in [0.2, 0.25) is 5.91 Å². The summed E-state index contributed by atoms with van der Waals surface area (Å²) in [5.74, 6) is 0.636. The van der Waals surface area contributed by atoms with Crippen LogP contribution in [0.2, 0.25) is 0 Å². The van der Waals surface area contributed by atoms with Gasteiger partial charge < -0.3 is 9.64 Å². The summed E-state index contributed by atoms with van der Waals surface area (Å²) in [4.78, 5) is 23.9. The van der Waals surface area contributed by atoms with Crippen LogP contribution in [0, 0.1) is 0 Å². The first-order valence-electron chi connectivity index (χ1n) is 4.23. The van der Waals surface area contributed by atoms with Gasteiger partial charge in [-0.05, 0) is 6.42 Å². The third-order valence-corrected chi connectivity index (χ3v) is 4.03. The van der Waals surface area contributed by atoms with Gasteiger partial charge in [0, 0.05) is 18.7 Å². The standard InChI is InChI=1S/C8H11NO3S/c1-12-7(11)8-3-2-6(10)9(8)4-5-13-8/h2-5H2,1H3. The average molecular weight is 201 g/mol. The molecule has 2 heterocycles. The van der Waals surface area contributed by atoms with Crippen LogP contribution in [0.25, 0.3) is 0 Å². The predicted octanol–water partition coefficient (Wildman–Crippen LogP) is 0.225. The number of hydrogen-bond acceptors (Lipinski definition) is 4. The van der Waals surface area contributed by atoms with Gasteiger partial charge in [-0.2, -0.15) is 0 Å². The van der Waals surface area contributed by atoms with Crippen LogP contribution < -0.4 is 0 Å². The fraction of sp³-hybridized carbons (Fsp3) is 0.750. The fourth-order valence-corrected chi connectivity index (χ4v) is 3.35. The smallest absolute Gasteiger partial charge is 0.342 e.